The van der Waals surface area contributed by atoms with Crippen LogP contribution in [0, 0.1) is 5.41 Å². The Hall–Kier alpha value is -0.320. The maximum Gasteiger partial charge on any atom is 0.250 e. The number of ether oxygens (including phenoxy) is 1. The Morgan fingerprint density at radius 1 is 1.62 bits per heavy atom. The van der Waals surface area contributed by atoms with E-state index in [-0.39, 0.29) is 36.3 Å². The van der Waals surface area contributed by atoms with Crippen LogP contribution < -0.4 is 11.1 Å². The van der Waals surface area contributed by atoms with E-state index < -0.39 is 6.10 Å². The van der Waals surface area contributed by atoms with Gasteiger partial charge in [0.2, 0.25) is 0 Å². The molecule has 1 fully saturated rings. The number of methoxy groups -OCH3 is 1. The molecular formula is C11H23ClN2O2. The Morgan fingerprint density at radius 3 is 2.62 bits per heavy atom. The average Bonchev–Trinajstić information content (AvgIpc) is 2.48. The molecule has 0 aliphatic heterocycles. The van der Waals surface area contributed by atoms with Gasteiger partial charge in [-0.1, -0.05) is 20.3 Å². The lowest BCUT2D eigenvalue weighted by Gasteiger charge is -2.29. The summed E-state index contributed by atoms with van der Waals surface area (Å²) in [5.41, 5.74) is 5.64. The summed E-state index contributed by atoms with van der Waals surface area (Å²) >= 11 is 0. The zero-order chi connectivity index (χ0) is 11.5. The van der Waals surface area contributed by atoms with Crippen molar-refractivity contribution in [2.75, 3.05) is 13.7 Å². The van der Waals surface area contributed by atoms with Crippen LogP contribution in [0.2, 0.25) is 0 Å². The molecule has 2 unspecified atom stereocenters. The lowest BCUT2D eigenvalue weighted by molar-refractivity contribution is -0.131. The summed E-state index contributed by atoms with van der Waals surface area (Å²) in [4.78, 5) is 11.7. The van der Waals surface area contributed by atoms with Crippen molar-refractivity contribution in [3.63, 3.8) is 0 Å². The average molecular weight is 251 g/mol. The number of hydrogen-bond acceptors (Lipinski definition) is 3. The van der Waals surface area contributed by atoms with Gasteiger partial charge >= 0.3 is 0 Å². The number of halogens is 1. The minimum absolute atomic E-state index is 0. The van der Waals surface area contributed by atoms with Crippen molar-refractivity contribution >= 4 is 18.3 Å². The molecule has 0 spiro atoms. The molecule has 5 heteroatoms. The lowest BCUT2D eigenvalue weighted by atomic mass is 9.87. The van der Waals surface area contributed by atoms with Crippen molar-refractivity contribution < 1.29 is 9.53 Å². The molecule has 0 aromatic carbocycles. The molecule has 16 heavy (non-hydrogen) atoms. The molecule has 1 aliphatic carbocycles. The first kappa shape index (κ1) is 15.7. The monoisotopic (exact) mass is 250 g/mol. The molecule has 0 radical (unpaired) electrons. The van der Waals surface area contributed by atoms with E-state index >= 15 is 0 Å². The van der Waals surface area contributed by atoms with Crippen LogP contribution in [-0.4, -0.2) is 31.7 Å². The Labute approximate surface area is 104 Å². The highest BCUT2D eigenvalue weighted by atomic mass is 35.5. The summed E-state index contributed by atoms with van der Waals surface area (Å²) < 4.78 is 5.00. The highest BCUT2D eigenvalue weighted by molar-refractivity contribution is 5.85. The van der Waals surface area contributed by atoms with Crippen LogP contribution in [-0.2, 0) is 9.53 Å². The fraction of sp³-hybridized carbons (Fsp3) is 0.909. The van der Waals surface area contributed by atoms with Crippen LogP contribution in [0.5, 0.6) is 0 Å². The second-order valence-electron chi connectivity index (χ2n) is 4.90. The molecule has 0 aromatic rings. The highest BCUT2D eigenvalue weighted by Gasteiger charge is 2.36. The van der Waals surface area contributed by atoms with E-state index in [1.807, 2.05) is 0 Å². The quantitative estimate of drug-likeness (QED) is 0.785. The fourth-order valence-electron chi connectivity index (χ4n) is 2.17. The normalized spacial score (nSPS) is 24.6. The minimum Gasteiger partial charge on any atom is -0.370 e. The first-order valence-corrected chi connectivity index (χ1v) is 5.54. The third kappa shape index (κ3) is 3.61. The second kappa shape index (κ2) is 6.42. The Morgan fingerprint density at radius 2 is 2.25 bits per heavy atom. The number of carbonyl (C=O) groups is 1. The van der Waals surface area contributed by atoms with Gasteiger partial charge in [-0.2, -0.15) is 0 Å². The van der Waals surface area contributed by atoms with Gasteiger partial charge in [0, 0.05) is 19.7 Å². The number of hydrogen-bond donors (Lipinski definition) is 2. The first-order chi connectivity index (χ1) is 7.01. The predicted octanol–water partition coefficient (Wildman–Crippen LogP) is 1.08. The molecule has 1 rings (SSSR count). The molecule has 0 saturated heterocycles. The van der Waals surface area contributed by atoms with Gasteiger partial charge in [0.25, 0.3) is 5.91 Å². The smallest absolute Gasteiger partial charge is 0.250 e. The van der Waals surface area contributed by atoms with Gasteiger partial charge in [0.15, 0.2) is 0 Å². The van der Waals surface area contributed by atoms with E-state index in [0.29, 0.717) is 0 Å². The summed E-state index contributed by atoms with van der Waals surface area (Å²) in [6, 6.07) is 0.259. The van der Waals surface area contributed by atoms with E-state index in [9.17, 15) is 4.79 Å². The molecule has 96 valence electrons. The van der Waals surface area contributed by atoms with Gasteiger partial charge in [0.1, 0.15) is 6.10 Å². The molecule has 1 saturated carbocycles. The van der Waals surface area contributed by atoms with Gasteiger partial charge in [-0.3, -0.25) is 4.79 Å². The third-order valence-electron chi connectivity index (χ3n) is 3.36. The molecular weight excluding hydrogens is 228 g/mol. The minimum atomic E-state index is -0.513. The lowest BCUT2D eigenvalue weighted by Crippen LogP contribution is -2.48. The van der Waals surface area contributed by atoms with Crippen LogP contribution in [0.3, 0.4) is 0 Å². The summed E-state index contributed by atoms with van der Waals surface area (Å²) in [5, 5.41) is 3.03. The van der Waals surface area contributed by atoms with Gasteiger partial charge in [-0.15, -0.1) is 12.4 Å². The zero-order valence-corrected chi connectivity index (χ0v) is 11.1. The molecule has 0 aromatic heterocycles. The van der Waals surface area contributed by atoms with Crippen molar-refractivity contribution in [3.8, 4) is 0 Å². The summed E-state index contributed by atoms with van der Waals surface area (Å²) in [6.07, 6.45) is 2.89. The standard InChI is InChI=1S/C11H22N2O2.ClH/c1-11(2)6-4-5-9(11)13-10(14)8(7-12)15-3;/h8-9H,4-7,12H2,1-3H3,(H,13,14);1H. The van der Waals surface area contributed by atoms with Crippen molar-refractivity contribution in [1.82, 2.24) is 5.32 Å². The number of amides is 1. The number of carbonyl (C=O) groups excluding carboxylic acids is 1. The fourth-order valence-corrected chi connectivity index (χ4v) is 2.17. The van der Waals surface area contributed by atoms with Crippen LogP contribution >= 0.6 is 12.4 Å². The maximum absolute atomic E-state index is 11.7. The number of rotatable bonds is 4. The Balaban J connectivity index is 0.00000225. The van der Waals surface area contributed by atoms with Crippen LogP contribution in [0.15, 0.2) is 0 Å². The molecule has 2 atom stereocenters. The number of nitrogens with two attached hydrogens (primary N) is 1. The topological polar surface area (TPSA) is 64.3 Å². The molecule has 1 aliphatic rings. The Bertz CT molecular complexity index is 230. The van der Waals surface area contributed by atoms with Gasteiger partial charge in [0.05, 0.1) is 0 Å². The van der Waals surface area contributed by atoms with Crippen molar-refractivity contribution in [2.45, 2.75) is 45.3 Å². The SMILES string of the molecule is COC(CN)C(=O)NC1CCCC1(C)C.Cl. The van der Waals surface area contributed by atoms with E-state index in [1.165, 1.54) is 13.5 Å². The van der Waals surface area contributed by atoms with Gasteiger partial charge < -0.3 is 15.8 Å². The summed E-state index contributed by atoms with van der Waals surface area (Å²) in [7, 11) is 1.51. The van der Waals surface area contributed by atoms with Crippen molar-refractivity contribution in [1.29, 1.82) is 0 Å². The largest absolute Gasteiger partial charge is 0.370 e. The summed E-state index contributed by atoms with van der Waals surface area (Å²) in [6.45, 7) is 4.61. The maximum atomic E-state index is 11.7. The van der Waals surface area contributed by atoms with E-state index in [1.54, 1.807) is 0 Å². The molecule has 0 bridgehead atoms. The van der Waals surface area contributed by atoms with Crippen molar-refractivity contribution in [3.05, 3.63) is 0 Å². The van der Waals surface area contributed by atoms with E-state index in [0.717, 1.165) is 12.8 Å². The molecule has 4 nitrogen and oxygen atoms in total. The van der Waals surface area contributed by atoms with Crippen molar-refractivity contribution in [2.24, 2.45) is 11.1 Å². The Kier molecular flexibility index (Phi) is 6.30. The first-order valence-electron chi connectivity index (χ1n) is 5.54. The molecule has 1 amide bonds. The van der Waals surface area contributed by atoms with Crippen LogP contribution in [0.4, 0.5) is 0 Å². The van der Waals surface area contributed by atoms with Gasteiger partial charge in [-0.25, -0.2) is 0 Å². The molecule has 3 N–H and O–H groups in total. The third-order valence-corrected chi connectivity index (χ3v) is 3.36. The summed E-state index contributed by atoms with van der Waals surface area (Å²) in [5.74, 6) is -0.0834. The van der Waals surface area contributed by atoms with E-state index in [4.69, 9.17) is 10.5 Å². The van der Waals surface area contributed by atoms with Crippen LogP contribution in [0.1, 0.15) is 33.1 Å². The van der Waals surface area contributed by atoms with Crippen LogP contribution in [0.25, 0.3) is 0 Å². The van der Waals surface area contributed by atoms with E-state index in [2.05, 4.69) is 19.2 Å². The highest BCUT2D eigenvalue weighted by Crippen LogP contribution is 2.37. The molecule has 0 heterocycles. The number of nitrogens with one attached hydrogen (secondary N) is 1. The predicted molar refractivity (Wildman–Crippen MR) is 66.7 cm³/mol. The van der Waals surface area contributed by atoms with Gasteiger partial charge in [-0.05, 0) is 18.3 Å². The zero-order valence-electron chi connectivity index (χ0n) is 10.3. The second-order valence-corrected chi connectivity index (χ2v) is 4.90.